The molecule has 0 spiro atoms. The number of carbonyl (C=O) groups excluding carboxylic acids is 1. The summed E-state index contributed by atoms with van der Waals surface area (Å²) < 4.78 is 1.27. The molecule has 0 aliphatic rings. The predicted octanol–water partition coefficient (Wildman–Crippen LogP) is 4.71. The van der Waals surface area contributed by atoms with Crippen LogP contribution in [0.4, 0.5) is 11.9 Å². The number of hydrogen-bond donors (Lipinski definition) is 2. The maximum Gasteiger partial charge on any atom is 0.300 e. The molecule has 2 heterocycles. The smallest absolute Gasteiger partial charge is 0.300 e. The van der Waals surface area contributed by atoms with Crippen LogP contribution >= 0.6 is 0 Å². The van der Waals surface area contributed by atoms with Crippen LogP contribution in [0.5, 0.6) is 0 Å². The zero-order valence-electron chi connectivity index (χ0n) is 19.0. The van der Waals surface area contributed by atoms with Crippen LogP contribution in [-0.2, 0) is 25.9 Å². The van der Waals surface area contributed by atoms with Gasteiger partial charge in [-0.15, -0.1) is 5.10 Å². The van der Waals surface area contributed by atoms with Gasteiger partial charge in [-0.05, 0) is 47.2 Å². The van der Waals surface area contributed by atoms with Crippen molar-refractivity contribution in [2.75, 3.05) is 10.6 Å². The first-order valence-corrected chi connectivity index (χ1v) is 11.2. The van der Waals surface area contributed by atoms with Gasteiger partial charge in [-0.25, -0.2) is 0 Å². The molecule has 0 unspecified atom stereocenters. The quantitative estimate of drug-likeness (QED) is 0.392. The van der Waals surface area contributed by atoms with Crippen molar-refractivity contribution in [3.05, 3.63) is 101 Å². The second-order valence-corrected chi connectivity index (χ2v) is 7.74. The highest BCUT2D eigenvalue weighted by molar-refractivity contribution is 5.95. The van der Waals surface area contributed by atoms with E-state index in [0.717, 1.165) is 24.0 Å². The third-order valence-corrected chi connectivity index (χ3v) is 5.45. The number of aryl methyl sites for hydroxylation is 2. The fourth-order valence-electron chi connectivity index (χ4n) is 3.39. The SMILES string of the molecule is CCc1ccc(CNc2nc(NCc3ccc(CC)cc3)n(C(=O)c3ccccn3)n2)cc1. The van der Waals surface area contributed by atoms with Crippen LogP contribution in [0.3, 0.4) is 0 Å². The van der Waals surface area contributed by atoms with Gasteiger partial charge in [0.05, 0.1) is 0 Å². The third kappa shape index (κ3) is 5.63. The summed E-state index contributed by atoms with van der Waals surface area (Å²) in [7, 11) is 0. The third-order valence-electron chi connectivity index (χ3n) is 5.45. The van der Waals surface area contributed by atoms with Crippen molar-refractivity contribution in [1.82, 2.24) is 19.7 Å². The summed E-state index contributed by atoms with van der Waals surface area (Å²) >= 11 is 0. The van der Waals surface area contributed by atoms with E-state index in [1.54, 1.807) is 24.4 Å². The Morgan fingerprint density at radius 2 is 1.36 bits per heavy atom. The topological polar surface area (TPSA) is 84.7 Å². The molecule has 2 aromatic carbocycles. The average Bonchev–Trinajstić information content (AvgIpc) is 3.30. The van der Waals surface area contributed by atoms with Crippen molar-refractivity contribution < 1.29 is 4.79 Å². The monoisotopic (exact) mass is 440 g/mol. The molecule has 7 nitrogen and oxygen atoms in total. The number of pyridine rings is 1. The number of carbonyl (C=O) groups is 1. The molecule has 0 radical (unpaired) electrons. The summed E-state index contributed by atoms with van der Waals surface area (Å²) in [4.78, 5) is 21.8. The Morgan fingerprint density at radius 3 is 1.91 bits per heavy atom. The van der Waals surface area contributed by atoms with Crippen LogP contribution in [-0.4, -0.2) is 25.7 Å². The minimum absolute atomic E-state index is 0.305. The van der Waals surface area contributed by atoms with Gasteiger partial charge in [0.2, 0.25) is 11.9 Å². The Labute approximate surface area is 193 Å². The Hall–Kier alpha value is -4.00. The van der Waals surface area contributed by atoms with Gasteiger partial charge in [-0.3, -0.25) is 9.78 Å². The van der Waals surface area contributed by atoms with Gasteiger partial charge in [0.15, 0.2) is 0 Å². The van der Waals surface area contributed by atoms with Crippen LogP contribution in [0.25, 0.3) is 0 Å². The lowest BCUT2D eigenvalue weighted by Crippen LogP contribution is -2.18. The molecule has 168 valence electrons. The maximum atomic E-state index is 13.1. The number of benzene rings is 2. The lowest BCUT2D eigenvalue weighted by Gasteiger charge is -2.07. The van der Waals surface area contributed by atoms with Crippen molar-refractivity contribution in [3.63, 3.8) is 0 Å². The van der Waals surface area contributed by atoms with Gasteiger partial charge in [-0.1, -0.05) is 68.4 Å². The van der Waals surface area contributed by atoms with E-state index in [-0.39, 0.29) is 5.91 Å². The Bertz CT molecular complexity index is 1180. The fraction of sp³-hybridized carbons (Fsp3) is 0.231. The van der Waals surface area contributed by atoms with E-state index in [2.05, 4.69) is 88.1 Å². The Balaban J connectivity index is 1.53. The van der Waals surface area contributed by atoms with Crippen molar-refractivity contribution in [3.8, 4) is 0 Å². The van der Waals surface area contributed by atoms with Gasteiger partial charge >= 0.3 is 0 Å². The van der Waals surface area contributed by atoms with E-state index in [4.69, 9.17) is 0 Å². The molecular weight excluding hydrogens is 412 g/mol. The zero-order valence-corrected chi connectivity index (χ0v) is 19.0. The van der Waals surface area contributed by atoms with E-state index < -0.39 is 0 Å². The molecule has 4 aromatic rings. The summed E-state index contributed by atoms with van der Waals surface area (Å²) in [5.74, 6) is 0.406. The molecule has 33 heavy (non-hydrogen) atoms. The number of aromatic nitrogens is 4. The van der Waals surface area contributed by atoms with E-state index in [1.165, 1.54) is 15.8 Å². The van der Waals surface area contributed by atoms with Crippen molar-refractivity contribution in [1.29, 1.82) is 0 Å². The number of hydrogen-bond acceptors (Lipinski definition) is 6. The molecule has 0 aliphatic heterocycles. The fourth-order valence-corrected chi connectivity index (χ4v) is 3.39. The van der Waals surface area contributed by atoms with Gasteiger partial charge in [-0.2, -0.15) is 9.67 Å². The zero-order chi connectivity index (χ0) is 23.0. The normalized spacial score (nSPS) is 10.7. The number of nitrogens with zero attached hydrogens (tertiary/aromatic N) is 4. The lowest BCUT2D eigenvalue weighted by atomic mass is 10.1. The van der Waals surface area contributed by atoms with Crippen LogP contribution in [0.1, 0.15) is 46.6 Å². The van der Waals surface area contributed by atoms with E-state index >= 15 is 0 Å². The number of anilines is 2. The molecule has 7 heteroatoms. The minimum atomic E-state index is -0.340. The molecule has 0 aliphatic carbocycles. The molecule has 0 saturated carbocycles. The highest BCUT2D eigenvalue weighted by atomic mass is 16.2. The Kier molecular flexibility index (Phi) is 7.09. The van der Waals surface area contributed by atoms with Gasteiger partial charge in [0.1, 0.15) is 5.69 Å². The second-order valence-electron chi connectivity index (χ2n) is 7.74. The summed E-state index contributed by atoms with van der Waals surface area (Å²) in [6.07, 6.45) is 3.59. The predicted molar refractivity (Wildman–Crippen MR) is 130 cm³/mol. The van der Waals surface area contributed by atoms with Crippen molar-refractivity contribution in [2.24, 2.45) is 0 Å². The second kappa shape index (κ2) is 10.5. The molecule has 0 atom stereocenters. The van der Waals surface area contributed by atoms with Crippen LogP contribution in [0.2, 0.25) is 0 Å². The van der Waals surface area contributed by atoms with E-state index in [1.807, 2.05) is 0 Å². The van der Waals surface area contributed by atoms with Crippen molar-refractivity contribution in [2.45, 2.75) is 39.8 Å². The van der Waals surface area contributed by atoms with E-state index in [9.17, 15) is 4.79 Å². The average molecular weight is 441 g/mol. The van der Waals surface area contributed by atoms with Gasteiger partial charge in [0.25, 0.3) is 5.91 Å². The molecule has 2 N–H and O–H groups in total. The van der Waals surface area contributed by atoms with Crippen LogP contribution in [0, 0.1) is 0 Å². The van der Waals surface area contributed by atoms with Crippen LogP contribution < -0.4 is 10.6 Å². The number of nitrogens with one attached hydrogen (secondary N) is 2. The molecule has 2 aromatic heterocycles. The van der Waals surface area contributed by atoms with Gasteiger partial charge in [0, 0.05) is 19.3 Å². The Morgan fingerprint density at radius 1 is 0.788 bits per heavy atom. The molecule has 0 amide bonds. The largest absolute Gasteiger partial charge is 0.350 e. The first kappa shape index (κ1) is 22.2. The summed E-state index contributed by atoms with van der Waals surface area (Å²) in [5.41, 5.74) is 5.09. The molecule has 0 bridgehead atoms. The number of rotatable bonds is 9. The summed E-state index contributed by atoms with van der Waals surface area (Å²) in [6, 6.07) is 22.0. The van der Waals surface area contributed by atoms with Crippen molar-refractivity contribution >= 4 is 17.8 Å². The summed E-state index contributed by atoms with van der Waals surface area (Å²) in [6.45, 7) is 5.35. The molecule has 4 rings (SSSR count). The minimum Gasteiger partial charge on any atom is -0.350 e. The molecule has 0 fully saturated rings. The van der Waals surface area contributed by atoms with Crippen LogP contribution in [0.15, 0.2) is 72.9 Å². The first-order chi connectivity index (χ1) is 16.2. The summed E-state index contributed by atoms with van der Waals surface area (Å²) in [5, 5.41) is 10.9. The van der Waals surface area contributed by atoms with E-state index in [0.29, 0.717) is 30.7 Å². The molecule has 0 saturated heterocycles. The lowest BCUT2D eigenvalue weighted by molar-refractivity contribution is 0.0942. The highest BCUT2D eigenvalue weighted by Gasteiger charge is 2.18. The highest BCUT2D eigenvalue weighted by Crippen LogP contribution is 2.15. The first-order valence-electron chi connectivity index (χ1n) is 11.2. The van der Waals surface area contributed by atoms with Gasteiger partial charge < -0.3 is 10.6 Å². The molecular formula is C26H28N6O. The maximum absolute atomic E-state index is 13.1. The standard InChI is InChI=1S/C26H28N6O/c1-3-19-8-12-21(13-9-19)17-28-25-30-26(29-18-22-14-10-20(4-2)11-15-22)32(31-25)24(33)23-7-5-6-16-27-23/h5-16H,3-4,17-18H2,1-2H3,(H2,28,29,30,31).